The first-order valence-electron chi connectivity index (χ1n) is 5.76. The van der Waals surface area contributed by atoms with E-state index in [1.54, 1.807) is 0 Å². The van der Waals surface area contributed by atoms with E-state index in [0.29, 0.717) is 0 Å². The minimum Gasteiger partial charge on any atom is -0.398 e. The fourth-order valence-electron chi connectivity index (χ4n) is 2.21. The average Bonchev–Trinajstić information content (AvgIpc) is 2.40. The topological polar surface area (TPSA) is 26.0 Å². The summed E-state index contributed by atoms with van der Waals surface area (Å²) in [5.74, 6) is 0. The van der Waals surface area contributed by atoms with Crippen LogP contribution in [0.3, 0.4) is 0 Å². The maximum absolute atomic E-state index is 6.02. The Labute approximate surface area is 92.0 Å². The predicted molar refractivity (Wildman–Crippen MR) is 66.0 cm³/mol. The van der Waals surface area contributed by atoms with E-state index < -0.39 is 0 Å². The molecule has 2 rings (SSSR count). The molecule has 1 aromatic carbocycles. The molecule has 1 heteroatoms. The van der Waals surface area contributed by atoms with Crippen molar-refractivity contribution in [1.29, 1.82) is 0 Å². The zero-order valence-electron chi connectivity index (χ0n) is 9.64. The predicted octanol–water partition coefficient (Wildman–Crippen LogP) is 3.27. The van der Waals surface area contributed by atoms with Crippen LogP contribution < -0.4 is 5.73 Å². The van der Waals surface area contributed by atoms with Crippen molar-refractivity contribution in [2.45, 2.75) is 39.5 Å². The first-order valence-corrected chi connectivity index (χ1v) is 5.76. The van der Waals surface area contributed by atoms with Crippen LogP contribution in [-0.4, -0.2) is 0 Å². The van der Waals surface area contributed by atoms with Crippen molar-refractivity contribution in [2.75, 3.05) is 5.73 Å². The largest absolute Gasteiger partial charge is 0.398 e. The summed E-state index contributed by atoms with van der Waals surface area (Å²) in [6.45, 7) is 4.38. The number of rotatable bonds is 1. The number of benzene rings is 1. The van der Waals surface area contributed by atoms with Gasteiger partial charge in [-0.2, -0.15) is 0 Å². The number of hydrogen-bond acceptors (Lipinski definition) is 1. The fraction of sp³-hybridized carbons (Fsp3) is 0.429. The zero-order valence-corrected chi connectivity index (χ0v) is 9.64. The highest BCUT2D eigenvalue weighted by Crippen LogP contribution is 2.25. The SMILES string of the molecule is CCc1cc2c(cc1N)CC=C(C)CC2. The van der Waals surface area contributed by atoms with Crippen molar-refractivity contribution in [3.05, 3.63) is 40.5 Å². The Kier molecular flexibility index (Phi) is 2.81. The van der Waals surface area contributed by atoms with Crippen LogP contribution in [0.1, 0.15) is 37.0 Å². The fourth-order valence-corrected chi connectivity index (χ4v) is 2.21. The number of aryl methyl sites for hydroxylation is 2. The number of nitrogen functional groups attached to an aromatic ring is 1. The zero-order chi connectivity index (χ0) is 10.8. The van der Waals surface area contributed by atoms with Gasteiger partial charge < -0.3 is 5.73 Å². The summed E-state index contributed by atoms with van der Waals surface area (Å²) in [5.41, 5.74) is 12.7. The third-order valence-electron chi connectivity index (χ3n) is 3.30. The molecule has 0 radical (unpaired) electrons. The molecule has 15 heavy (non-hydrogen) atoms. The molecule has 1 nitrogen and oxygen atoms in total. The maximum atomic E-state index is 6.02. The monoisotopic (exact) mass is 201 g/mol. The van der Waals surface area contributed by atoms with E-state index in [4.69, 9.17) is 5.73 Å². The lowest BCUT2D eigenvalue weighted by Gasteiger charge is -2.10. The summed E-state index contributed by atoms with van der Waals surface area (Å²) in [6.07, 6.45) is 6.78. The van der Waals surface area contributed by atoms with E-state index >= 15 is 0 Å². The lowest BCUT2D eigenvalue weighted by molar-refractivity contribution is 0.942. The highest BCUT2D eigenvalue weighted by Gasteiger charge is 2.09. The van der Waals surface area contributed by atoms with Gasteiger partial charge in [0.2, 0.25) is 0 Å². The molecule has 80 valence electrons. The molecule has 0 saturated carbocycles. The molecule has 0 fully saturated rings. The Morgan fingerprint density at radius 3 is 2.73 bits per heavy atom. The van der Waals surface area contributed by atoms with Gasteiger partial charge in [-0.3, -0.25) is 0 Å². The van der Waals surface area contributed by atoms with Gasteiger partial charge in [-0.25, -0.2) is 0 Å². The molecule has 0 aromatic heterocycles. The molecule has 1 aliphatic carbocycles. The second kappa shape index (κ2) is 4.09. The third kappa shape index (κ3) is 2.06. The molecule has 0 aliphatic heterocycles. The van der Waals surface area contributed by atoms with Crippen LogP contribution in [0.2, 0.25) is 0 Å². The molecule has 0 heterocycles. The van der Waals surface area contributed by atoms with Crippen molar-refractivity contribution in [3.63, 3.8) is 0 Å². The van der Waals surface area contributed by atoms with Crippen LogP contribution in [0.5, 0.6) is 0 Å². The van der Waals surface area contributed by atoms with E-state index in [1.165, 1.54) is 35.1 Å². The van der Waals surface area contributed by atoms with E-state index in [9.17, 15) is 0 Å². The minimum atomic E-state index is 0.962. The van der Waals surface area contributed by atoms with Crippen LogP contribution in [0, 0.1) is 0 Å². The van der Waals surface area contributed by atoms with Gasteiger partial charge in [-0.05, 0) is 55.4 Å². The van der Waals surface area contributed by atoms with Crippen molar-refractivity contribution < 1.29 is 0 Å². The minimum absolute atomic E-state index is 0.962. The molecule has 0 bridgehead atoms. The van der Waals surface area contributed by atoms with Gasteiger partial charge in [0.15, 0.2) is 0 Å². The Balaban J connectivity index is 2.41. The van der Waals surface area contributed by atoms with Crippen molar-refractivity contribution in [3.8, 4) is 0 Å². The van der Waals surface area contributed by atoms with Crippen molar-refractivity contribution in [2.24, 2.45) is 0 Å². The molecule has 1 aromatic rings. The molecule has 2 N–H and O–H groups in total. The smallest absolute Gasteiger partial charge is 0.0349 e. The third-order valence-corrected chi connectivity index (χ3v) is 3.30. The summed E-state index contributed by atoms with van der Waals surface area (Å²) < 4.78 is 0. The molecule has 0 spiro atoms. The number of allylic oxidation sites excluding steroid dienone is 2. The molecular weight excluding hydrogens is 182 g/mol. The first kappa shape index (κ1) is 10.3. The van der Waals surface area contributed by atoms with Gasteiger partial charge in [0, 0.05) is 5.69 Å². The van der Waals surface area contributed by atoms with Crippen molar-refractivity contribution in [1.82, 2.24) is 0 Å². The standard InChI is InChI=1S/C14H19N/c1-3-11-8-12-6-4-10(2)5-7-13(12)9-14(11)15/h5,8-9H,3-4,6-7,15H2,1-2H3. The quantitative estimate of drug-likeness (QED) is 0.547. The van der Waals surface area contributed by atoms with E-state index in [0.717, 1.165) is 18.5 Å². The Morgan fingerprint density at radius 2 is 2.00 bits per heavy atom. The summed E-state index contributed by atoms with van der Waals surface area (Å²) in [6, 6.07) is 4.47. The second-order valence-corrected chi connectivity index (χ2v) is 4.43. The van der Waals surface area contributed by atoms with Gasteiger partial charge in [0.05, 0.1) is 0 Å². The lowest BCUT2D eigenvalue weighted by Crippen LogP contribution is -1.99. The molecule has 0 amide bonds. The number of hydrogen-bond donors (Lipinski definition) is 1. The van der Waals surface area contributed by atoms with Crippen LogP contribution in [0.15, 0.2) is 23.8 Å². The van der Waals surface area contributed by atoms with E-state index in [-0.39, 0.29) is 0 Å². The lowest BCUT2D eigenvalue weighted by atomic mass is 9.97. The number of nitrogens with two attached hydrogens (primary N) is 1. The summed E-state index contributed by atoms with van der Waals surface area (Å²) in [4.78, 5) is 0. The maximum Gasteiger partial charge on any atom is 0.0349 e. The summed E-state index contributed by atoms with van der Waals surface area (Å²) >= 11 is 0. The first-order chi connectivity index (χ1) is 7.20. The van der Waals surface area contributed by atoms with E-state index in [2.05, 4.69) is 32.1 Å². The average molecular weight is 201 g/mol. The second-order valence-electron chi connectivity index (χ2n) is 4.43. The Morgan fingerprint density at radius 1 is 1.20 bits per heavy atom. The number of fused-ring (bicyclic) bond motifs is 1. The summed E-state index contributed by atoms with van der Waals surface area (Å²) in [5, 5.41) is 0. The van der Waals surface area contributed by atoms with E-state index in [1.807, 2.05) is 0 Å². The molecule has 0 unspecified atom stereocenters. The molecule has 0 saturated heterocycles. The highest BCUT2D eigenvalue weighted by atomic mass is 14.6. The van der Waals surface area contributed by atoms with Gasteiger partial charge in [0.25, 0.3) is 0 Å². The van der Waals surface area contributed by atoms with Gasteiger partial charge in [-0.15, -0.1) is 0 Å². The van der Waals surface area contributed by atoms with Gasteiger partial charge in [0.1, 0.15) is 0 Å². The van der Waals surface area contributed by atoms with Crippen LogP contribution in [-0.2, 0) is 19.3 Å². The highest BCUT2D eigenvalue weighted by molar-refractivity contribution is 5.53. The van der Waals surface area contributed by atoms with Crippen LogP contribution in [0.25, 0.3) is 0 Å². The number of anilines is 1. The van der Waals surface area contributed by atoms with Crippen molar-refractivity contribution >= 4 is 5.69 Å². The van der Waals surface area contributed by atoms with Crippen LogP contribution >= 0.6 is 0 Å². The molecule has 1 aliphatic rings. The summed E-state index contributed by atoms with van der Waals surface area (Å²) in [7, 11) is 0. The Bertz CT molecular complexity index is 402. The molecular formula is C14H19N. The van der Waals surface area contributed by atoms with Gasteiger partial charge in [-0.1, -0.05) is 24.6 Å². The molecule has 0 atom stereocenters. The Hall–Kier alpha value is -1.24. The van der Waals surface area contributed by atoms with Gasteiger partial charge >= 0.3 is 0 Å². The normalized spacial score (nSPS) is 15.5. The van der Waals surface area contributed by atoms with Crippen LogP contribution in [0.4, 0.5) is 5.69 Å².